The molecule has 26 heavy (non-hydrogen) atoms. The molecule has 0 saturated carbocycles. The van der Waals surface area contributed by atoms with Gasteiger partial charge in [-0.15, -0.1) is 0 Å². The van der Waals surface area contributed by atoms with Crippen molar-refractivity contribution in [3.8, 4) is 0 Å². The van der Waals surface area contributed by atoms with E-state index in [4.69, 9.17) is 14.2 Å². The Bertz CT molecular complexity index is 784. The maximum absolute atomic E-state index is 12.1. The summed E-state index contributed by atoms with van der Waals surface area (Å²) in [6.45, 7) is 6.34. The summed E-state index contributed by atoms with van der Waals surface area (Å²) >= 11 is 0. The van der Waals surface area contributed by atoms with Crippen molar-refractivity contribution >= 4 is 17.9 Å². The third kappa shape index (κ3) is 3.35. The normalized spacial score (nSPS) is 29.9. The lowest BCUT2D eigenvalue weighted by atomic mass is 9.91. The molecule has 0 radical (unpaired) electrons. The van der Waals surface area contributed by atoms with Crippen LogP contribution in [0.4, 0.5) is 0 Å². The predicted molar refractivity (Wildman–Crippen MR) is 89.6 cm³/mol. The summed E-state index contributed by atoms with van der Waals surface area (Å²) in [4.78, 5) is 36.4. The Morgan fingerprint density at radius 2 is 2.00 bits per heavy atom. The molecular formula is C19H20O7. The van der Waals surface area contributed by atoms with Crippen LogP contribution >= 0.6 is 0 Å². The molecule has 0 aromatic carbocycles. The molecule has 0 unspecified atom stereocenters. The monoisotopic (exact) mass is 360 g/mol. The second-order valence-corrected chi connectivity index (χ2v) is 6.65. The topological polar surface area (TPSA) is 99.1 Å². The van der Waals surface area contributed by atoms with Crippen LogP contribution in [0.1, 0.15) is 26.7 Å². The zero-order valence-electron chi connectivity index (χ0n) is 14.6. The number of hydrogen-bond acceptors (Lipinski definition) is 7. The Kier molecular flexibility index (Phi) is 4.82. The predicted octanol–water partition coefficient (Wildman–Crippen LogP) is 1.28. The minimum Gasteiger partial charge on any atom is -0.454 e. The summed E-state index contributed by atoms with van der Waals surface area (Å²) in [5.41, 5.74) is 1.80. The highest BCUT2D eigenvalue weighted by molar-refractivity contribution is 5.95. The van der Waals surface area contributed by atoms with Gasteiger partial charge in [-0.1, -0.05) is 12.2 Å². The summed E-state index contributed by atoms with van der Waals surface area (Å²) in [6.07, 6.45) is 1.83. The highest BCUT2D eigenvalue weighted by Gasteiger charge is 2.41. The van der Waals surface area contributed by atoms with Gasteiger partial charge in [0.15, 0.2) is 0 Å². The minimum atomic E-state index is -0.947. The fourth-order valence-corrected chi connectivity index (χ4v) is 3.28. The fraction of sp³-hybridized carbons (Fsp3) is 0.421. The van der Waals surface area contributed by atoms with E-state index in [2.05, 4.69) is 6.58 Å². The van der Waals surface area contributed by atoms with Crippen molar-refractivity contribution in [3.05, 3.63) is 46.6 Å². The molecule has 0 amide bonds. The third-order valence-corrected chi connectivity index (χ3v) is 4.51. The Balaban J connectivity index is 2.08. The zero-order chi connectivity index (χ0) is 19.0. The average Bonchev–Trinajstić information content (AvgIpc) is 3.04. The summed E-state index contributed by atoms with van der Waals surface area (Å²) in [6, 6.07) is 0. The molecule has 2 bridgehead atoms. The minimum absolute atomic E-state index is 0.0349. The van der Waals surface area contributed by atoms with Crippen LogP contribution in [0.2, 0.25) is 0 Å². The molecule has 7 nitrogen and oxygen atoms in total. The SMILES string of the molecule is C=C(C)C(=O)O[C@H]1CC2=C[C@@H](C/C(C)=C/[C@H]3OC(=O)C(CO)=C13)OC2=O. The van der Waals surface area contributed by atoms with Crippen LogP contribution in [0.3, 0.4) is 0 Å². The lowest BCUT2D eigenvalue weighted by Gasteiger charge is -2.23. The van der Waals surface area contributed by atoms with Gasteiger partial charge in [-0.05, 0) is 26.0 Å². The number of rotatable bonds is 3. The van der Waals surface area contributed by atoms with Crippen LogP contribution < -0.4 is 0 Å². The van der Waals surface area contributed by atoms with Crippen molar-refractivity contribution in [1.82, 2.24) is 0 Å². The van der Waals surface area contributed by atoms with Gasteiger partial charge in [0.1, 0.15) is 18.3 Å². The summed E-state index contributed by atoms with van der Waals surface area (Å²) in [5.74, 6) is -1.79. The standard InChI is InChI=1S/C19H20O7/c1-9(2)17(21)25-15-7-11-6-12(24-18(11)22)4-10(3)5-14-16(15)13(8-20)19(23)26-14/h5-6,12,14-15,20H,1,4,7-8H2,2-3H3/b10-5+/t12-,14-,15+/m1/s1. The van der Waals surface area contributed by atoms with E-state index in [0.29, 0.717) is 17.6 Å². The molecule has 3 atom stereocenters. The van der Waals surface area contributed by atoms with E-state index in [1.807, 2.05) is 6.92 Å². The number of aliphatic hydroxyl groups excluding tert-OH is 1. The highest BCUT2D eigenvalue weighted by atomic mass is 16.6. The molecule has 1 aliphatic carbocycles. The molecule has 0 fully saturated rings. The number of carbonyl (C=O) groups excluding carboxylic acids is 3. The number of carbonyl (C=O) groups is 3. The van der Waals surface area contributed by atoms with Crippen molar-refractivity contribution < 1.29 is 33.7 Å². The van der Waals surface area contributed by atoms with Crippen LogP contribution in [0.5, 0.6) is 0 Å². The molecule has 2 heterocycles. The van der Waals surface area contributed by atoms with Gasteiger partial charge in [-0.2, -0.15) is 0 Å². The van der Waals surface area contributed by atoms with Crippen molar-refractivity contribution in [2.75, 3.05) is 6.61 Å². The molecule has 0 aromatic heterocycles. The summed E-state index contributed by atoms with van der Waals surface area (Å²) in [7, 11) is 0. The quantitative estimate of drug-likeness (QED) is 0.350. The Hall–Kier alpha value is -2.67. The van der Waals surface area contributed by atoms with Gasteiger partial charge in [-0.25, -0.2) is 14.4 Å². The van der Waals surface area contributed by atoms with Crippen LogP contribution in [0, 0.1) is 0 Å². The molecular weight excluding hydrogens is 340 g/mol. The van der Waals surface area contributed by atoms with Gasteiger partial charge in [-0.3, -0.25) is 0 Å². The van der Waals surface area contributed by atoms with Gasteiger partial charge in [0.25, 0.3) is 0 Å². The summed E-state index contributed by atoms with van der Waals surface area (Å²) in [5, 5.41) is 9.63. The first-order valence-electron chi connectivity index (χ1n) is 8.30. The molecule has 2 aliphatic heterocycles. The fourth-order valence-electron chi connectivity index (χ4n) is 3.28. The molecule has 0 aromatic rings. The van der Waals surface area contributed by atoms with E-state index in [-0.39, 0.29) is 17.6 Å². The maximum Gasteiger partial charge on any atom is 0.337 e. The lowest BCUT2D eigenvalue weighted by molar-refractivity contribution is -0.145. The van der Waals surface area contributed by atoms with Crippen molar-refractivity contribution in [3.63, 3.8) is 0 Å². The Labute approximate surface area is 150 Å². The van der Waals surface area contributed by atoms with Gasteiger partial charge < -0.3 is 19.3 Å². The smallest absolute Gasteiger partial charge is 0.337 e. The second-order valence-electron chi connectivity index (χ2n) is 6.65. The van der Waals surface area contributed by atoms with Crippen LogP contribution in [-0.2, 0) is 28.6 Å². The first-order chi connectivity index (χ1) is 12.3. The van der Waals surface area contributed by atoms with Crippen molar-refractivity contribution in [2.24, 2.45) is 0 Å². The van der Waals surface area contributed by atoms with Gasteiger partial charge >= 0.3 is 17.9 Å². The van der Waals surface area contributed by atoms with E-state index in [0.717, 1.165) is 5.57 Å². The molecule has 3 rings (SSSR count). The Morgan fingerprint density at radius 1 is 1.27 bits per heavy atom. The van der Waals surface area contributed by atoms with Crippen molar-refractivity contribution in [1.29, 1.82) is 0 Å². The van der Waals surface area contributed by atoms with Gasteiger partial charge in [0, 0.05) is 29.6 Å². The zero-order valence-corrected chi connectivity index (χ0v) is 14.6. The lowest BCUT2D eigenvalue weighted by Crippen LogP contribution is -2.28. The molecule has 0 spiro atoms. The largest absolute Gasteiger partial charge is 0.454 e. The second kappa shape index (κ2) is 6.92. The van der Waals surface area contributed by atoms with Crippen molar-refractivity contribution in [2.45, 2.75) is 45.0 Å². The van der Waals surface area contributed by atoms with E-state index in [9.17, 15) is 19.5 Å². The average molecular weight is 360 g/mol. The number of hydrogen-bond donors (Lipinski definition) is 1. The molecule has 138 valence electrons. The van der Waals surface area contributed by atoms with Crippen LogP contribution in [0.25, 0.3) is 0 Å². The number of fused-ring (bicyclic) bond motifs is 2. The van der Waals surface area contributed by atoms with E-state index in [1.54, 1.807) is 12.2 Å². The number of esters is 3. The molecule has 7 heteroatoms. The molecule has 3 aliphatic rings. The summed E-state index contributed by atoms with van der Waals surface area (Å²) < 4.78 is 16.2. The Morgan fingerprint density at radius 3 is 2.65 bits per heavy atom. The van der Waals surface area contributed by atoms with Crippen LogP contribution in [-0.4, -0.2) is 47.9 Å². The first-order valence-corrected chi connectivity index (χ1v) is 8.30. The highest BCUT2D eigenvalue weighted by Crippen LogP contribution is 2.35. The first kappa shape index (κ1) is 18.1. The van der Waals surface area contributed by atoms with E-state index >= 15 is 0 Å². The third-order valence-electron chi connectivity index (χ3n) is 4.51. The van der Waals surface area contributed by atoms with E-state index < -0.39 is 42.8 Å². The number of ether oxygens (including phenoxy) is 3. The van der Waals surface area contributed by atoms with E-state index in [1.165, 1.54) is 6.92 Å². The number of aliphatic hydroxyl groups is 1. The van der Waals surface area contributed by atoms with Gasteiger partial charge in [0.2, 0.25) is 0 Å². The molecule has 0 saturated heterocycles. The van der Waals surface area contributed by atoms with Crippen LogP contribution in [0.15, 0.2) is 46.6 Å². The maximum atomic E-state index is 12.1. The van der Waals surface area contributed by atoms with Gasteiger partial charge in [0.05, 0.1) is 12.2 Å². The molecule has 1 N–H and O–H groups in total.